The first-order chi connectivity index (χ1) is 13.5. The summed E-state index contributed by atoms with van der Waals surface area (Å²) in [5.41, 5.74) is 3.72. The van der Waals surface area contributed by atoms with Crippen LogP contribution in [0.25, 0.3) is 43.4 Å². The maximum Gasteiger partial charge on any atom is 0.224 e. The van der Waals surface area contributed by atoms with Crippen molar-refractivity contribution in [2.45, 2.75) is 26.7 Å². The van der Waals surface area contributed by atoms with E-state index in [0.717, 1.165) is 56.2 Å². The fraction of sp³-hybridized carbons (Fsp3) is 0.200. The Hall–Kier alpha value is -3.20. The minimum Gasteiger partial charge on any atom is -0.618 e. The van der Waals surface area contributed by atoms with E-state index in [-0.39, 0.29) is 5.41 Å². The third kappa shape index (κ3) is 1.99. The molecule has 0 radical (unpaired) electrons. The average Bonchev–Trinajstić information content (AvgIpc) is 2.70. The zero-order chi connectivity index (χ0) is 19.0. The van der Waals surface area contributed by atoms with Crippen LogP contribution in [0.15, 0.2) is 60.7 Å². The van der Waals surface area contributed by atoms with Gasteiger partial charge in [-0.1, -0.05) is 62.4 Å². The molecule has 136 valence electrons. The summed E-state index contributed by atoms with van der Waals surface area (Å²) < 4.78 is 1.15. The number of para-hydroxylation sites is 1. The van der Waals surface area contributed by atoms with Gasteiger partial charge in [0.15, 0.2) is 0 Å². The molecule has 1 aliphatic rings. The van der Waals surface area contributed by atoms with Gasteiger partial charge in [-0.15, -0.1) is 0 Å². The summed E-state index contributed by atoms with van der Waals surface area (Å²) in [6.45, 7) is 4.46. The molecule has 28 heavy (non-hydrogen) atoms. The molecule has 3 heteroatoms. The van der Waals surface area contributed by atoms with Crippen LogP contribution in [0.1, 0.15) is 25.2 Å². The second-order valence-electron chi connectivity index (χ2n) is 8.77. The van der Waals surface area contributed by atoms with Crippen molar-refractivity contribution in [3.8, 4) is 0 Å². The van der Waals surface area contributed by atoms with E-state index in [0.29, 0.717) is 0 Å². The van der Waals surface area contributed by atoms with Gasteiger partial charge in [0.05, 0.1) is 22.0 Å². The van der Waals surface area contributed by atoms with Gasteiger partial charge in [0.25, 0.3) is 0 Å². The van der Waals surface area contributed by atoms with Crippen molar-refractivity contribution in [2.24, 2.45) is 5.41 Å². The van der Waals surface area contributed by atoms with Gasteiger partial charge in [0.2, 0.25) is 11.2 Å². The molecule has 1 aliphatic carbocycles. The van der Waals surface area contributed by atoms with Gasteiger partial charge in [-0.25, -0.2) is 0 Å². The van der Waals surface area contributed by atoms with E-state index in [2.05, 4.69) is 56.3 Å². The van der Waals surface area contributed by atoms with Crippen molar-refractivity contribution in [2.75, 3.05) is 0 Å². The molecule has 0 unspecified atom stereocenters. The van der Waals surface area contributed by atoms with E-state index >= 15 is 0 Å². The van der Waals surface area contributed by atoms with Crippen molar-refractivity contribution in [1.82, 2.24) is 4.98 Å². The van der Waals surface area contributed by atoms with Crippen LogP contribution in [0.3, 0.4) is 0 Å². The fourth-order valence-electron chi connectivity index (χ4n) is 5.00. The molecule has 0 spiro atoms. The lowest BCUT2D eigenvalue weighted by atomic mass is 9.76. The number of fused-ring (bicyclic) bond motifs is 6. The molecule has 0 saturated carbocycles. The molecule has 0 bridgehead atoms. The quantitative estimate of drug-likeness (QED) is 0.208. The molecule has 0 aliphatic heterocycles. The highest BCUT2D eigenvalue weighted by Crippen LogP contribution is 2.42. The topological polar surface area (TPSA) is 39.8 Å². The Bertz CT molecular complexity index is 1450. The predicted molar refractivity (Wildman–Crippen MR) is 114 cm³/mol. The smallest absolute Gasteiger partial charge is 0.224 e. The molecule has 3 nitrogen and oxygen atoms in total. The van der Waals surface area contributed by atoms with Crippen molar-refractivity contribution in [3.05, 3.63) is 77.3 Å². The molecular formula is C25H20N2O. The minimum absolute atomic E-state index is 0.0137. The van der Waals surface area contributed by atoms with E-state index in [9.17, 15) is 5.21 Å². The Balaban J connectivity index is 1.96. The zero-order valence-corrected chi connectivity index (χ0v) is 16.0. The normalized spacial score (nSPS) is 15.6. The molecule has 2 aromatic heterocycles. The number of pyridine rings is 2. The van der Waals surface area contributed by atoms with E-state index in [1.165, 1.54) is 16.2 Å². The van der Waals surface area contributed by atoms with Crippen LogP contribution in [0.5, 0.6) is 0 Å². The molecular weight excluding hydrogens is 344 g/mol. The molecule has 3 aromatic carbocycles. The zero-order valence-electron chi connectivity index (χ0n) is 16.0. The van der Waals surface area contributed by atoms with Gasteiger partial charge in [0.1, 0.15) is 0 Å². The average molecular weight is 364 g/mol. The maximum atomic E-state index is 13.3. The van der Waals surface area contributed by atoms with Crippen LogP contribution >= 0.6 is 0 Å². The summed E-state index contributed by atoms with van der Waals surface area (Å²) in [7, 11) is 0. The molecule has 0 fully saturated rings. The highest BCUT2D eigenvalue weighted by atomic mass is 16.5. The maximum absolute atomic E-state index is 13.3. The van der Waals surface area contributed by atoms with Crippen molar-refractivity contribution in [3.63, 3.8) is 0 Å². The highest BCUT2D eigenvalue weighted by molar-refractivity contribution is 6.23. The van der Waals surface area contributed by atoms with Crippen LogP contribution in [0.2, 0.25) is 0 Å². The number of hydrogen-bond acceptors (Lipinski definition) is 2. The first-order valence-electron chi connectivity index (χ1n) is 9.81. The Morgan fingerprint density at radius 2 is 1.57 bits per heavy atom. The molecule has 0 saturated heterocycles. The summed E-state index contributed by atoms with van der Waals surface area (Å²) in [6.07, 6.45) is 1.65. The molecule has 0 atom stereocenters. The molecule has 0 N–H and O–H groups in total. The van der Waals surface area contributed by atoms with Crippen LogP contribution < -0.4 is 4.73 Å². The standard InChI is InChI=1S/C25H20N2O/c1-25(2)13-19-23-21(14-25)27(28)20-10-6-5-9-17(20)22(23)18-12-11-15-7-3-4-8-16(15)24(18)26-19/h3-12H,13-14H2,1-2H3. The van der Waals surface area contributed by atoms with Gasteiger partial charge in [-0.05, 0) is 23.3 Å². The highest BCUT2D eigenvalue weighted by Gasteiger charge is 2.35. The van der Waals surface area contributed by atoms with Gasteiger partial charge in [0, 0.05) is 28.6 Å². The van der Waals surface area contributed by atoms with Gasteiger partial charge >= 0.3 is 0 Å². The van der Waals surface area contributed by atoms with Crippen LogP contribution in [-0.2, 0) is 12.8 Å². The molecule has 5 aromatic rings. The first kappa shape index (κ1) is 15.8. The second kappa shape index (κ2) is 5.20. The van der Waals surface area contributed by atoms with E-state index in [4.69, 9.17) is 4.98 Å². The van der Waals surface area contributed by atoms with Crippen molar-refractivity contribution >= 4 is 43.4 Å². The Morgan fingerprint density at radius 1 is 0.821 bits per heavy atom. The summed E-state index contributed by atoms with van der Waals surface area (Å²) in [5.74, 6) is 0. The lowest BCUT2D eigenvalue weighted by Gasteiger charge is -2.30. The lowest BCUT2D eigenvalue weighted by Crippen LogP contribution is -2.39. The van der Waals surface area contributed by atoms with Crippen LogP contribution in [-0.4, -0.2) is 4.98 Å². The van der Waals surface area contributed by atoms with E-state index in [1.807, 2.05) is 18.2 Å². The van der Waals surface area contributed by atoms with Crippen LogP contribution in [0.4, 0.5) is 0 Å². The summed E-state index contributed by atoms with van der Waals surface area (Å²) in [6, 6.07) is 20.7. The number of nitrogens with zero attached hydrogens (tertiary/aromatic N) is 2. The Morgan fingerprint density at radius 3 is 2.43 bits per heavy atom. The third-order valence-corrected chi connectivity index (χ3v) is 6.17. The van der Waals surface area contributed by atoms with Gasteiger partial charge in [-0.2, -0.15) is 4.73 Å². The second-order valence-corrected chi connectivity index (χ2v) is 8.77. The number of aromatic nitrogens is 2. The van der Waals surface area contributed by atoms with E-state index in [1.54, 1.807) is 0 Å². The van der Waals surface area contributed by atoms with Crippen LogP contribution in [0, 0.1) is 10.6 Å². The summed E-state index contributed by atoms with van der Waals surface area (Å²) >= 11 is 0. The predicted octanol–water partition coefficient (Wildman–Crippen LogP) is 5.45. The summed E-state index contributed by atoms with van der Waals surface area (Å²) in [5, 5.41) is 20.0. The molecule has 6 rings (SSSR count). The Labute approximate surface area is 162 Å². The van der Waals surface area contributed by atoms with Crippen molar-refractivity contribution < 1.29 is 4.73 Å². The largest absolute Gasteiger partial charge is 0.618 e. The number of benzene rings is 3. The third-order valence-electron chi connectivity index (χ3n) is 6.17. The first-order valence-corrected chi connectivity index (χ1v) is 9.81. The van der Waals surface area contributed by atoms with Crippen molar-refractivity contribution in [1.29, 1.82) is 0 Å². The fourth-order valence-corrected chi connectivity index (χ4v) is 5.00. The summed E-state index contributed by atoms with van der Waals surface area (Å²) in [4.78, 5) is 5.15. The molecule has 0 amide bonds. The minimum atomic E-state index is 0.0137. The number of hydrogen-bond donors (Lipinski definition) is 0. The monoisotopic (exact) mass is 364 g/mol. The SMILES string of the molecule is CC1(C)Cc2nc3c4ccccc4ccc3c3c2c([n+]([O-])c2ccccc32)C1. The molecule has 2 heterocycles. The Kier molecular flexibility index (Phi) is 2.94. The van der Waals surface area contributed by atoms with E-state index < -0.39 is 0 Å². The lowest BCUT2D eigenvalue weighted by molar-refractivity contribution is -0.585. The van der Waals surface area contributed by atoms with Gasteiger partial charge < -0.3 is 5.21 Å². The van der Waals surface area contributed by atoms with Gasteiger partial charge in [-0.3, -0.25) is 4.98 Å². The number of rotatable bonds is 0.